The number of hydrogen-bond donors (Lipinski definition) is 2. The minimum absolute atomic E-state index is 0.234. The molecule has 32 heavy (non-hydrogen) atoms. The molecule has 0 fully saturated rings. The summed E-state index contributed by atoms with van der Waals surface area (Å²) in [6, 6.07) is 7.65. The van der Waals surface area contributed by atoms with Crippen molar-refractivity contribution in [2.45, 2.75) is 38.8 Å². The van der Waals surface area contributed by atoms with E-state index < -0.39 is 24.1 Å². The third-order valence-electron chi connectivity index (χ3n) is 6.08. The second kappa shape index (κ2) is 9.89. The molecule has 0 bridgehead atoms. The maximum atomic E-state index is 13.6. The van der Waals surface area contributed by atoms with E-state index in [0.717, 1.165) is 11.1 Å². The number of carboxylic acid groups (broad SMARTS) is 1. The standard InChI is InChI=1S/C24H29FN2O5/c1-5-14(2)21(23(28)29)26-24(30)27-11-10-16-12-19(31-3)20(32-4)13-18(16)22(27)15-6-8-17(25)9-7-15/h6-9,12-14,21-22H,5,10-11H2,1-4H3,(H,26,30)(H,28,29)/t14-,21+,22-/m1/s1. The van der Waals surface area contributed by atoms with E-state index in [9.17, 15) is 19.1 Å². The van der Waals surface area contributed by atoms with Crippen molar-refractivity contribution in [1.82, 2.24) is 10.2 Å². The van der Waals surface area contributed by atoms with Crippen LogP contribution in [-0.2, 0) is 11.2 Å². The normalized spacial score (nSPS) is 17.2. The molecule has 0 unspecified atom stereocenters. The van der Waals surface area contributed by atoms with Crippen LogP contribution in [0.3, 0.4) is 0 Å². The van der Waals surface area contributed by atoms with Crippen LogP contribution in [-0.4, -0.2) is 48.8 Å². The largest absolute Gasteiger partial charge is 0.493 e. The lowest BCUT2D eigenvalue weighted by Gasteiger charge is -2.39. The molecule has 1 aliphatic heterocycles. The van der Waals surface area contributed by atoms with Gasteiger partial charge in [0.15, 0.2) is 11.5 Å². The van der Waals surface area contributed by atoms with Crippen molar-refractivity contribution in [3.8, 4) is 11.5 Å². The number of carbonyl (C=O) groups is 2. The molecule has 172 valence electrons. The van der Waals surface area contributed by atoms with Crippen LogP contribution in [0, 0.1) is 11.7 Å². The molecule has 7 nitrogen and oxygen atoms in total. The van der Waals surface area contributed by atoms with E-state index in [1.54, 1.807) is 31.1 Å². The van der Waals surface area contributed by atoms with Gasteiger partial charge in [0.25, 0.3) is 0 Å². The number of fused-ring (bicyclic) bond motifs is 1. The number of halogens is 1. The molecule has 3 atom stereocenters. The van der Waals surface area contributed by atoms with Crippen molar-refractivity contribution in [1.29, 1.82) is 0 Å². The first kappa shape index (κ1) is 23.4. The fourth-order valence-electron chi connectivity index (χ4n) is 4.07. The van der Waals surface area contributed by atoms with Gasteiger partial charge >= 0.3 is 12.0 Å². The van der Waals surface area contributed by atoms with Crippen molar-refractivity contribution in [3.05, 3.63) is 58.9 Å². The number of urea groups is 1. The highest BCUT2D eigenvalue weighted by molar-refractivity contribution is 5.83. The lowest BCUT2D eigenvalue weighted by Crippen LogP contribution is -2.53. The van der Waals surface area contributed by atoms with Crippen LogP contribution in [0.25, 0.3) is 0 Å². The third kappa shape index (κ3) is 4.64. The van der Waals surface area contributed by atoms with Crippen molar-refractivity contribution in [2.24, 2.45) is 5.92 Å². The van der Waals surface area contributed by atoms with Gasteiger partial charge in [0.2, 0.25) is 0 Å². The maximum absolute atomic E-state index is 13.6. The number of amides is 2. The summed E-state index contributed by atoms with van der Waals surface area (Å²) in [5.74, 6) is -0.582. The predicted molar refractivity (Wildman–Crippen MR) is 118 cm³/mol. The summed E-state index contributed by atoms with van der Waals surface area (Å²) in [5.41, 5.74) is 2.52. The van der Waals surface area contributed by atoms with Gasteiger partial charge in [-0.25, -0.2) is 14.0 Å². The highest BCUT2D eigenvalue weighted by Crippen LogP contribution is 2.41. The summed E-state index contributed by atoms with van der Waals surface area (Å²) in [4.78, 5) is 26.6. The lowest BCUT2D eigenvalue weighted by molar-refractivity contribution is -0.140. The van der Waals surface area contributed by atoms with Gasteiger partial charge in [-0.3, -0.25) is 0 Å². The topological polar surface area (TPSA) is 88.1 Å². The van der Waals surface area contributed by atoms with Crippen LogP contribution < -0.4 is 14.8 Å². The Bertz CT molecular complexity index is 979. The minimum atomic E-state index is -1.07. The zero-order valence-corrected chi connectivity index (χ0v) is 18.7. The van der Waals surface area contributed by atoms with Crippen molar-refractivity contribution in [3.63, 3.8) is 0 Å². The SMILES string of the molecule is CC[C@@H](C)[C@H](NC(=O)N1CCc2cc(OC)c(OC)cc2[C@H]1c1ccc(F)cc1)C(=O)O. The van der Waals surface area contributed by atoms with Crippen LogP contribution in [0.1, 0.15) is 43.0 Å². The summed E-state index contributed by atoms with van der Waals surface area (Å²) in [7, 11) is 3.10. The first-order chi connectivity index (χ1) is 15.3. The van der Waals surface area contributed by atoms with Crippen LogP contribution in [0.5, 0.6) is 11.5 Å². The summed E-state index contributed by atoms with van der Waals surface area (Å²) in [5, 5.41) is 12.3. The van der Waals surface area contributed by atoms with Gasteiger partial charge in [-0.05, 0) is 53.3 Å². The first-order valence-electron chi connectivity index (χ1n) is 10.6. The second-order valence-electron chi connectivity index (χ2n) is 7.95. The Kier molecular flexibility index (Phi) is 7.22. The van der Waals surface area contributed by atoms with E-state index in [1.807, 2.05) is 19.1 Å². The van der Waals surface area contributed by atoms with Gasteiger partial charge in [-0.2, -0.15) is 0 Å². The minimum Gasteiger partial charge on any atom is -0.493 e. The average Bonchev–Trinajstić information content (AvgIpc) is 2.80. The molecule has 1 heterocycles. The van der Waals surface area contributed by atoms with Crippen LogP contribution in [0.15, 0.2) is 36.4 Å². The molecular weight excluding hydrogens is 415 g/mol. The van der Waals surface area contributed by atoms with E-state index in [1.165, 1.54) is 19.2 Å². The van der Waals surface area contributed by atoms with E-state index in [4.69, 9.17) is 9.47 Å². The monoisotopic (exact) mass is 444 g/mol. The second-order valence-corrected chi connectivity index (χ2v) is 7.95. The first-order valence-corrected chi connectivity index (χ1v) is 10.6. The molecule has 3 rings (SSSR count). The number of methoxy groups -OCH3 is 2. The lowest BCUT2D eigenvalue weighted by atomic mass is 9.87. The smallest absolute Gasteiger partial charge is 0.326 e. The fourth-order valence-corrected chi connectivity index (χ4v) is 4.07. The summed E-state index contributed by atoms with van der Waals surface area (Å²) in [6.45, 7) is 4.03. The maximum Gasteiger partial charge on any atom is 0.326 e. The van der Waals surface area contributed by atoms with Crippen molar-refractivity contribution < 1.29 is 28.6 Å². The zero-order chi connectivity index (χ0) is 23.4. The molecule has 0 saturated heterocycles. The molecule has 0 aromatic heterocycles. The van der Waals surface area contributed by atoms with Gasteiger partial charge in [0.05, 0.1) is 20.3 Å². The molecule has 2 aromatic carbocycles. The molecule has 2 amide bonds. The number of aliphatic carboxylic acids is 1. The summed E-state index contributed by atoms with van der Waals surface area (Å²) >= 11 is 0. The zero-order valence-electron chi connectivity index (χ0n) is 18.7. The van der Waals surface area contributed by atoms with Crippen LogP contribution in [0.2, 0.25) is 0 Å². The van der Waals surface area contributed by atoms with E-state index in [2.05, 4.69) is 5.32 Å². The molecule has 2 aromatic rings. The van der Waals surface area contributed by atoms with E-state index >= 15 is 0 Å². The molecule has 0 saturated carbocycles. The Hall–Kier alpha value is -3.29. The fraction of sp³-hybridized carbons (Fsp3) is 0.417. The Morgan fingerprint density at radius 3 is 2.38 bits per heavy atom. The van der Waals surface area contributed by atoms with Crippen molar-refractivity contribution >= 4 is 12.0 Å². The Morgan fingerprint density at radius 1 is 1.19 bits per heavy atom. The number of carbonyl (C=O) groups excluding carboxylic acids is 1. The average molecular weight is 445 g/mol. The van der Waals surface area contributed by atoms with Gasteiger partial charge in [-0.15, -0.1) is 0 Å². The third-order valence-corrected chi connectivity index (χ3v) is 6.08. The molecule has 8 heteroatoms. The number of rotatable bonds is 7. The van der Waals surface area contributed by atoms with Gasteiger partial charge in [0.1, 0.15) is 11.9 Å². The highest BCUT2D eigenvalue weighted by Gasteiger charge is 2.36. The molecule has 0 aliphatic carbocycles. The molecule has 0 spiro atoms. The van der Waals surface area contributed by atoms with Gasteiger partial charge in [0, 0.05) is 6.54 Å². The molecule has 0 radical (unpaired) electrons. The highest BCUT2D eigenvalue weighted by atomic mass is 19.1. The Labute approximate surface area is 187 Å². The van der Waals surface area contributed by atoms with Crippen LogP contribution >= 0.6 is 0 Å². The molecule has 1 aliphatic rings. The van der Waals surface area contributed by atoms with Crippen LogP contribution in [0.4, 0.5) is 9.18 Å². The van der Waals surface area contributed by atoms with Gasteiger partial charge in [-0.1, -0.05) is 32.4 Å². The quantitative estimate of drug-likeness (QED) is 0.674. The number of hydrogen-bond acceptors (Lipinski definition) is 4. The van der Waals surface area contributed by atoms with Crippen molar-refractivity contribution in [2.75, 3.05) is 20.8 Å². The van der Waals surface area contributed by atoms with Gasteiger partial charge < -0.3 is 24.8 Å². The summed E-state index contributed by atoms with van der Waals surface area (Å²) in [6.07, 6.45) is 1.17. The number of carboxylic acids is 1. The Morgan fingerprint density at radius 2 is 1.81 bits per heavy atom. The molecule has 2 N–H and O–H groups in total. The summed E-state index contributed by atoms with van der Waals surface area (Å²) < 4.78 is 24.5. The number of ether oxygens (including phenoxy) is 2. The van der Waals surface area contributed by atoms with E-state index in [-0.39, 0.29) is 11.7 Å². The number of benzene rings is 2. The number of nitrogens with one attached hydrogen (secondary N) is 1. The van der Waals surface area contributed by atoms with E-state index in [0.29, 0.717) is 36.4 Å². The molecular formula is C24H29FN2O5. The predicted octanol–water partition coefficient (Wildman–Crippen LogP) is 4.00. The Balaban J connectivity index is 2.05. The number of nitrogens with zero attached hydrogens (tertiary/aromatic N) is 1.